The van der Waals surface area contributed by atoms with Crippen LogP contribution in [0.25, 0.3) is 5.69 Å². The number of hydrogen-bond donors (Lipinski definition) is 4. The number of alkyl halides is 3. The normalized spacial score (nSPS) is 15.3. The zero-order chi connectivity index (χ0) is 59.6. The van der Waals surface area contributed by atoms with E-state index < -0.39 is 67.4 Å². The number of carbonyl (C=O) groups is 3. The van der Waals surface area contributed by atoms with E-state index in [1.54, 1.807) is 38.3 Å². The Morgan fingerprint density at radius 1 is 0.924 bits per heavy atom. The van der Waals surface area contributed by atoms with Crippen molar-refractivity contribution in [2.75, 3.05) is 65.3 Å². The highest BCUT2D eigenvalue weighted by atomic mass is 32.2. The second kappa shape index (κ2) is 29.4. The van der Waals surface area contributed by atoms with Crippen LogP contribution in [0.1, 0.15) is 63.4 Å². The summed E-state index contributed by atoms with van der Waals surface area (Å²) in [5, 5.41) is 13.8. The summed E-state index contributed by atoms with van der Waals surface area (Å²) < 4.78 is 84.1. The number of urea groups is 1. The highest BCUT2D eigenvalue weighted by Gasteiger charge is 2.42. The monoisotopic (exact) mass is 1150 g/mol. The van der Waals surface area contributed by atoms with Crippen LogP contribution in [0.4, 0.5) is 23.7 Å². The number of benzene rings is 4. The van der Waals surface area contributed by atoms with Gasteiger partial charge in [0.25, 0.3) is 5.56 Å². The van der Waals surface area contributed by atoms with Crippen molar-refractivity contribution in [2.45, 2.75) is 77.5 Å². The van der Waals surface area contributed by atoms with Gasteiger partial charge < -0.3 is 53.2 Å². The van der Waals surface area contributed by atoms with Crippen molar-refractivity contribution in [2.24, 2.45) is 7.05 Å². The third kappa shape index (κ3) is 21.0. The van der Waals surface area contributed by atoms with Crippen LogP contribution in [0.5, 0.6) is 28.7 Å². The molecule has 0 aliphatic carbocycles. The number of carbonyl (C=O) groups excluding carboxylic acids is 2. The summed E-state index contributed by atoms with van der Waals surface area (Å²) in [4.78, 5) is 80.9. The number of nitrogens with zero attached hydrogens (tertiary/aromatic N) is 3. The molecule has 2 heterocycles. The number of rotatable bonds is 17. The lowest BCUT2D eigenvalue weighted by Crippen LogP contribution is -2.45. The molecule has 434 valence electrons. The van der Waals surface area contributed by atoms with Crippen LogP contribution < -0.4 is 45.7 Å². The van der Waals surface area contributed by atoms with Crippen LogP contribution in [-0.4, -0.2) is 114 Å². The molecule has 0 saturated heterocycles. The van der Waals surface area contributed by atoms with Gasteiger partial charge in [-0.2, -0.15) is 13.2 Å². The molecule has 4 N–H and O–H groups in total. The number of nitrogens with one attached hydrogen (secondary N) is 2. The van der Waals surface area contributed by atoms with Crippen molar-refractivity contribution in [1.29, 1.82) is 0 Å². The molecule has 3 unspecified atom stereocenters. The molecule has 0 fully saturated rings. The molecule has 0 radical (unpaired) electrons. The number of carboxylic acids is 1. The Bertz CT molecular complexity index is 3000. The third-order valence-electron chi connectivity index (χ3n) is 11.2. The summed E-state index contributed by atoms with van der Waals surface area (Å²) in [5.74, 6) is 0.533. The first-order chi connectivity index (χ1) is 36.8. The molecular weight excluding hydrogens is 1080 g/mol. The van der Waals surface area contributed by atoms with Gasteiger partial charge in [0.2, 0.25) is 5.79 Å². The number of aromatic nitrogens is 2. The fourth-order valence-corrected chi connectivity index (χ4v) is 7.66. The van der Waals surface area contributed by atoms with Crippen molar-refractivity contribution in [1.82, 2.24) is 19.5 Å². The van der Waals surface area contributed by atoms with Crippen molar-refractivity contribution < 1.29 is 80.3 Å². The number of hydroxylamine groups is 2. The number of fused-ring (bicyclic) bond motifs is 1. The quantitative estimate of drug-likeness (QED) is 0.0310. The van der Waals surface area contributed by atoms with Crippen molar-refractivity contribution >= 4 is 42.1 Å². The Hall–Kier alpha value is -6.86. The van der Waals surface area contributed by atoms with Gasteiger partial charge in [-0.25, -0.2) is 24.0 Å². The number of esters is 1. The van der Waals surface area contributed by atoms with Gasteiger partial charge in [0.05, 0.1) is 51.5 Å². The van der Waals surface area contributed by atoms with Gasteiger partial charge in [-0.15, -0.1) is 0 Å². The Labute approximate surface area is 459 Å². The van der Waals surface area contributed by atoms with Gasteiger partial charge in [0, 0.05) is 63.5 Å². The molecule has 0 spiro atoms. The second-order valence-corrected chi connectivity index (χ2v) is 22.7. The van der Waals surface area contributed by atoms with Gasteiger partial charge in [-0.05, 0) is 95.9 Å². The first kappa shape index (κ1) is 66.4. The van der Waals surface area contributed by atoms with Crippen LogP contribution in [0.2, 0.25) is 0 Å². The molecule has 3 atom stereocenters. The van der Waals surface area contributed by atoms with E-state index in [4.69, 9.17) is 43.3 Å². The third-order valence-corrected chi connectivity index (χ3v) is 11.8. The average molecular weight is 1150 g/mol. The lowest BCUT2D eigenvalue weighted by atomic mass is 9.76. The summed E-state index contributed by atoms with van der Waals surface area (Å²) in [7, 11) is 3.12. The topological polar surface area (TPSA) is 268 Å². The first-order valence-corrected chi connectivity index (χ1v) is 28.2. The van der Waals surface area contributed by atoms with Crippen molar-refractivity contribution in [3.8, 4) is 34.4 Å². The number of anilines is 1. The summed E-state index contributed by atoms with van der Waals surface area (Å²) in [6.07, 6.45) is 1.73. The number of aliphatic carboxylic acids is 1. The van der Waals surface area contributed by atoms with Crippen molar-refractivity contribution in [3.05, 3.63) is 134 Å². The number of methoxy groups -OCH3 is 2. The minimum absolute atomic E-state index is 0.0773. The van der Waals surface area contributed by atoms with Crippen LogP contribution in [0, 0.1) is 0 Å². The number of ether oxygens (including phenoxy) is 6. The fraction of sp³-hybridized carbons (Fsp3) is 0.415. The van der Waals surface area contributed by atoms with E-state index in [0.29, 0.717) is 60.3 Å². The molecule has 1 aromatic heterocycles. The molecule has 21 nitrogen and oxygen atoms in total. The number of aryl methyl sites for hydroxylation is 1. The summed E-state index contributed by atoms with van der Waals surface area (Å²) >= 11 is 0. The Balaban J connectivity index is 0.000000339. The SMILES string of the molecule is CCc1ccc(COc2ccc(-n3c(=O)cc(C(F)(F)F)n(C)c3=O)cc2)c(OC(C)C(=O)OC)c1.CON(C)C(=O)Nc1ccc(Oc2ccc3c(c2)OC(C)(OC)CC3(C)C)cc1.C[S+](C)C.O=C(O)CNCP(=O)([O-])O. The average Bonchev–Trinajstić information content (AvgIpc) is 3.36. The molecular formula is C53H69F3N5O16PS. The van der Waals surface area contributed by atoms with Gasteiger partial charge in [0.15, 0.2) is 6.10 Å². The Kier molecular flexibility index (Phi) is 24.7. The van der Waals surface area contributed by atoms with E-state index in [0.717, 1.165) is 41.8 Å². The van der Waals surface area contributed by atoms with E-state index in [1.165, 1.54) is 45.5 Å². The van der Waals surface area contributed by atoms with Crippen LogP contribution >= 0.6 is 7.60 Å². The Morgan fingerprint density at radius 3 is 2.05 bits per heavy atom. The fourth-order valence-electron chi connectivity index (χ4n) is 7.26. The number of carboxylic acid groups (broad SMARTS) is 1. The largest absolute Gasteiger partial charge is 0.778 e. The molecule has 79 heavy (non-hydrogen) atoms. The number of halogens is 3. The highest BCUT2D eigenvalue weighted by molar-refractivity contribution is 7.94. The maximum absolute atomic E-state index is 13.1. The maximum atomic E-state index is 13.1. The minimum Gasteiger partial charge on any atom is -0.778 e. The summed E-state index contributed by atoms with van der Waals surface area (Å²) in [6.45, 7) is 9.46. The van der Waals surface area contributed by atoms with Crippen molar-refractivity contribution in [3.63, 3.8) is 0 Å². The molecule has 6 rings (SSSR count). The lowest BCUT2D eigenvalue weighted by molar-refractivity contribution is -0.193. The first-order valence-electron chi connectivity index (χ1n) is 24.0. The summed E-state index contributed by atoms with van der Waals surface area (Å²) in [5.41, 5.74) is -0.118. The van der Waals surface area contributed by atoms with Crippen LogP contribution in [0.15, 0.2) is 101 Å². The number of hydrogen-bond acceptors (Lipinski definition) is 15. The van der Waals surface area contributed by atoms with Crippen LogP contribution in [0.3, 0.4) is 0 Å². The second-order valence-electron chi connectivity index (χ2n) is 18.6. The molecule has 5 aromatic rings. The predicted octanol–water partition coefficient (Wildman–Crippen LogP) is 7.22. The molecule has 4 aromatic carbocycles. The standard InChI is InChI=1S/C25H25F3N2O6.C22H28N2O5.C3H8NO5P.C3H9S/c1-5-16-6-7-17(20(12-16)36-15(2)23(32)34-4)14-35-19-10-8-18(9-11-19)30-22(31)13-21(25(26,27)28)29(3)24(30)33;1-21(2)14-22(3,26-5)29-19-13-17(11-12-18(19)21)28-16-9-7-15(8-10-16)23-20(25)24(4)27-6;5-3(6)1-4-2-10(7,8)9;1-4(2)3/h6-13,15H,5,14H2,1-4H3;7-13H,14H2,1-6H3,(H,23,25);4H,1-2H2,(H,5,6)(H2,7,8,9);1-3H3/q;;;+1/p-1. The van der Waals surface area contributed by atoms with E-state index in [2.05, 4.69) is 37.9 Å². The van der Waals surface area contributed by atoms with Gasteiger partial charge >= 0.3 is 29.8 Å². The molecule has 0 bridgehead atoms. The molecule has 2 amide bonds. The smallest absolute Gasteiger partial charge is 0.431 e. The van der Waals surface area contributed by atoms with E-state index >= 15 is 0 Å². The van der Waals surface area contributed by atoms with Gasteiger partial charge in [-0.3, -0.25) is 24.3 Å². The molecule has 26 heteroatoms. The molecule has 1 aliphatic rings. The zero-order valence-electron chi connectivity index (χ0n) is 46.2. The van der Waals surface area contributed by atoms with E-state index in [9.17, 15) is 46.6 Å². The summed E-state index contributed by atoms with van der Waals surface area (Å²) in [6, 6.07) is 24.2. The zero-order valence-corrected chi connectivity index (χ0v) is 47.9. The predicted molar refractivity (Wildman–Crippen MR) is 290 cm³/mol. The van der Waals surface area contributed by atoms with E-state index in [-0.39, 0.29) is 23.7 Å². The molecule has 0 saturated carbocycles. The Morgan fingerprint density at radius 2 is 1.52 bits per heavy atom. The number of amides is 2. The van der Waals surface area contributed by atoms with Crippen LogP contribution in [-0.2, 0) is 71.0 Å². The van der Waals surface area contributed by atoms with Gasteiger partial charge in [-0.1, -0.05) is 39.0 Å². The lowest BCUT2D eigenvalue weighted by Gasteiger charge is -2.43. The maximum Gasteiger partial charge on any atom is 0.431 e. The van der Waals surface area contributed by atoms with E-state index in [1.807, 2.05) is 55.6 Å². The minimum atomic E-state index is -4.84. The highest BCUT2D eigenvalue weighted by Crippen LogP contribution is 2.46. The van der Waals surface area contributed by atoms with Gasteiger partial charge in [0.1, 0.15) is 48.6 Å². The molecule has 1 aliphatic heterocycles.